The van der Waals surface area contributed by atoms with Gasteiger partial charge in [-0.15, -0.1) is 0 Å². The minimum Gasteiger partial charge on any atom is -0.433 e. The van der Waals surface area contributed by atoms with Crippen LogP contribution in [-0.4, -0.2) is 35.4 Å². The lowest BCUT2D eigenvalue weighted by atomic mass is 10.1. The summed E-state index contributed by atoms with van der Waals surface area (Å²) in [4.78, 5) is 25.4. The van der Waals surface area contributed by atoms with Crippen LogP contribution in [0.2, 0.25) is 0 Å². The average molecular weight is 505 g/mol. The second kappa shape index (κ2) is 13.0. The summed E-state index contributed by atoms with van der Waals surface area (Å²) in [7, 11) is 0. The molecular formula is C26H32O6S2. The number of hydrogen-bond acceptors (Lipinski definition) is 8. The second-order valence-electron chi connectivity index (χ2n) is 7.79. The zero-order valence-electron chi connectivity index (χ0n) is 20.5. The molecule has 0 aliphatic rings. The van der Waals surface area contributed by atoms with E-state index in [2.05, 4.69) is 31.4 Å². The van der Waals surface area contributed by atoms with Gasteiger partial charge in [0, 0.05) is 20.9 Å². The van der Waals surface area contributed by atoms with Gasteiger partial charge in [0.15, 0.2) is 0 Å². The summed E-state index contributed by atoms with van der Waals surface area (Å²) in [6, 6.07) is 12.3. The Kier molecular flexibility index (Phi) is 10.7. The second-order valence-corrected chi connectivity index (χ2v) is 10.5. The maximum absolute atomic E-state index is 11.7. The van der Waals surface area contributed by atoms with E-state index in [0.717, 1.165) is 20.6 Å². The molecule has 184 valence electrons. The van der Waals surface area contributed by atoms with E-state index < -0.39 is 24.5 Å². The number of ether oxygens (including phenoxy) is 4. The van der Waals surface area contributed by atoms with Crippen LogP contribution in [-0.2, 0) is 28.5 Å². The lowest BCUT2D eigenvalue weighted by molar-refractivity contribution is -0.172. The maximum Gasteiger partial charge on any atom is 0.335 e. The lowest BCUT2D eigenvalue weighted by Gasteiger charge is -2.20. The van der Waals surface area contributed by atoms with Gasteiger partial charge in [-0.1, -0.05) is 54.9 Å². The van der Waals surface area contributed by atoms with Gasteiger partial charge in [-0.3, -0.25) is 0 Å². The van der Waals surface area contributed by atoms with Crippen molar-refractivity contribution in [2.24, 2.45) is 0 Å². The first kappa shape index (κ1) is 28.0. The minimum absolute atomic E-state index is 0.222. The molecule has 0 amide bonds. The smallest absolute Gasteiger partial charge is 0.335 e. The number of fused-ring (bicyclic) bond motifs is 1. The highest BCUT2D eigenvalue weighted by atomic mass is 32.2. The van der Waals surface area contributed by atoms with E-state index in [9.17, 15) is 9.59 Å². The van der Waals surface area contributed by atoms with Crippen LogP contribution in [0.3, 0.4) is 0 Å². The molecule has 0 spiro atoms. The van der Waals surface area contributed by atoms with E-state index in [1.807, 2.05) is 32.0 Å². The largest absolute Gasteiger partial charge is 0.433 e. The summed E-state index contributed by atoms with van der Waals surface area (Å²) in [6.45, 7) is 17.5. The fraction of sp³-hybridized carbons (Fsp3) is 0.385. The van der Waals surface area contributed by atoms with E-state index in [0.29, 0.717) is 11.1 Å². The van der Waals surface area contributed by atoms with Crippen molar-refractivity contribution in [2.45, 2.75) is 74.8 Å². The number of carbonyl (C=O) groups is 2. The third-order valence-corrected chi connectivity index (χ3v) is 6.44. The van der Waals surface area contributed by atoms with Gasteiger partial charge in [0.2, 0.25) is 12.6 Å². The maximum atomic E-state index is 11.7. The molecule has 0 heterocycles. The highest BCUT2D eigenvalue weighted by Gasteiger charge is 2.17. The third kappa shape index (κ3) is 8.83. The molecular weight excluding hydrogens is 472 g/mol. The Bertz CT molecular complexity index is 1050. The molecule has 2 aromatic carbocycles. The summed E-state index contributed by atoms with van der Waals surface area (Å²) in [5, 5.41) is 2.18. The Morgan fingerprint density at radius 1 is 0.794 bits per heavy atom. The third-order valence-electron chi connectivity index (χ3n) is 4.42. The van der Waals surface area contributed by atoms with Gasteiger partial charge >= 0.3 is 11.9 Å². The molecule has 0 aliphatic carbocycles. The van der Waals surface area contributed by atoms with Crippen LogP contribution in [0.1, 0.15) is 41.5 Å². The first-order valence-electron chi connectivity index (χ1n) is 10.9. The molecule has 0 radical (unpaired) electrons. The highest BCUT2D eigenvalue weighted by Crippen LogP contribution is 2.35. The topological polar surface area (TPSA) is 71.1 Å². The van der Waals surface area contributed by atoms with Crippen LogP contribution in [0.15, 0.2) is 70.5 Å². The number of carbonyl (C=O) groups excluding carboxylic acids is 2. The van der Waals surface area contributed by atoms with E-state index in [4.69, 9.17) is 18.9 Å². The Labute approximate surface area is 210 Å². The number of hydrogen-bond donors (Lipinski definition) is 0. The zero-order valence-corrected chi connectivity index (χ0v) is 22.1. The highest BCUT2D eigenvalue weighted by molar-refractivity contribution is 8.00. The van der Waals surface area contributed by atoms with Crippen molar-refractivity contribution >= 4 is 46.2 Å². The van der Waals surface area contributed by atoms with Crippen LogP contribution >= 0.6 is 23.5 Å². The molecule has 2 rings (SSSR count). The molecule has 4 atom stereocenters. The number of thioether (sulfide) groups is 2. The van der Waals surface area contributed by atoms with Crippen LogP contribution in [0.4, 0.5) is 0 Å². The number of esters is 2. The van der Waals surface area contributed by atoms with Crippen molar-refractivity contribution < 1.29 is 28.5 Å². The van der Waals surface area contributed by atoms with Crippen molar-refractivity contribution in [3.63, 3.8) is 0 Å². The van der Waals surface area contributed by atoms with Crippen LogP contribution in [0.5, 0.6) is 0 Å². The Hall–Kier alpha value is -2.26. The van der Waals surface area contributed by atoms with Gasteiger partial charge in [0.25, 0.3) is 0 Å². The summed E-state index contributed by atoms with van der Waals surface area (Å²) >= 11 is 3.09. The minimum atomic E-state index is -0.678. The molecule has 6 nitrogen and oxygen atoms in total. The normalized spacial score (nSPS) is 14.6. The number of benzene rings is 2. The van der Waals surface area contributed by atoms with Gasteiger partial charge in [-0.2, -0.15) is 0 Å². The fourth-order valence-electron chi connectivity index (χ4n) is 2.93. The predicted octanol–water partition coefficient (Wildman–Crippen LogP) is 6.68. The molecule has 0 saturated heterocycles. The van der Waals surface area contributed by atoms with E-state index in [1.165, 1.54) is 11.8 Å². The average Bonchev–Trinajstić information content (AvgIpc) is 2.73. The van der Waals surface area contributed by atoms with E-state index in [1.54, 1.807) is 39.5 Å². The zero-order chi connectivity index (χ0) is 25.4. The first-order chi connectivity index (χ1) is 16.0. The van der Waals surface area contributed by atoms with Gasteiger partial charge in [-0.25, -0.2) is 9.59 Å². The first-order valence-corrected chi connectivity index (χ1v) is 12.6. The molecule has 2 aromatic rings. The summed E-state index contributed by atoms with van der Waals surface area (Å²) in [5.41, 5.74) is 0.214. The molecule has 0 aromatic heterocycles. The Balaban J connectivity index is 2.00. The molecule has 0 saturated carbocycles. The predicted molar refractivity (Wildman–Crippen MR) is 137 cm³/mol. The SMILES string of the molecule is C=C(C)C(=O)OC(C)OC(C)Sc1ccc2c(SC(C)OC(C)OC(=O)C(=C)C)cccc2c1. The van der Waals surface area contributed by atoms with E-state index in [-0.39, 0.29) is 10.9 Å². The molecule has 0 bridgehead atoms. The Morgan fingerprint density at radius 3 is 1.85 bits per heavy atom. The van der Waals surface area contributed by atoms with Crippen LogP contribution in [0.25, 0.3) is 10.8 Å². The van der Waals surface area contributed by atoms with Crippen molar-refractivity contribution in [1.82, 2.24) is 0 Å². The van der Waals surface area contributed by atoms with E-state index >= 15 is 0 Å². The van der Waals surface area contributed by atoms with Crippen molar-refractivity contribution in [3.8, 4) is 0 Å². The Morgan fingerprint density at radius 2 is 1.32 bits per heavy atom. The molecule has 0 aliphatic heterocycles. The van der Waals surface area contributed by atoms with Gasteiger partial charge < -0.3 is 18.9 Å². The van der Waals surface area contributed by atoms with Crippen molar-refractivity contribution in [3.05, 3.63) is 60.7 Å². The van der Waals surface area contributed by atoms with Gasteiger partial charge in [0.1, 0.15) is 10.9 Å². The summed E-state index contributed by atoms with van der Waals surface area (Å²) in [5.74, 6) is -0.941. The molecule has 4 unspecified atom stereocenters. The molecule has 34 heavy (non-hydrogen) atoms. The van der Waals surface area contributed by atoms with Crippen LogP contribution < -0.4 is 0 Å². The standard InChI is InChI=1S/C26H32O6S2/c1-15(2)25(27)31-17(5)29-19(7)33-22-12-13-23-21(14-22)10-9-11-24(23)34-20(8)30-18(6)32-26(28)16(3)4/h9-14,17-20H,1,3H2,2,4-8H3. The van der Waals surface area contributed by atoms with Gasteiger partial charge in [-0.05, 0) is 70.5 Å². The molecule has 8 heteroatoms. The van der Waals surface area contributed by atoms with Crippen molar-refractivity contribution in [1.29, 1.82) is 0 Å². The quantitative estimate of drug-likeness (QED) is 0.137. The molecule has 0 fully saturated rings. The van der Waals surface area contributed by atoms with Crippen molar-refractivity contribution in [2.75, 3.05) is 0 Å². The van der Waals surface area contributed by atoms with Gasteiger partial charge in [0.05, 0.1) is 0 Å². The fourth-order valence-corrected chi connectivity index (χ4v) is 4.91. The summed E-state index contributed by atoms with van der Waals surface area (Å²) < 4.78 is 21.9. The monoisotopic (exact) mass is 504 g/mol. The number of rotatable bonds is 12. The summed E-state index contributed by atoms with van der Waals surface area (Å²) in [6.07, 6.45) is -1.35. The van der Waals surface area contributed by atoms with Crippen LogP contribution in [0, 0.1) is 0 Å². The molecule has 0 N–H and O–H groups in total. The lowest BCUT2D eigenvalue weighted by Crippen LogP contribution is -2.21.